The van der Waals surface area contributed by atoms with Crippen LogP contribution in [-0.2, 0) is 27.3 Å². The number of nitro groups is 1. The molecule has 0 fully saturated rings. The molecule has 1 amide bonds. The lowest BCUT2D eigenvalue weighted by Gasteiger charge is -2.05. The average Bonchev–Trinajstić information content (AvgIpc) is 3.00. The SMILES string of the molecule is CCOC(=O)Cn1c(=NC(=O)Cc2ccc(Cl)cc2)sc2cc([N+](=O)[O-])ccc21. The topological polar surface area (TPSA) is 104 Å². The van der Waals surface area contributed by atoms with Crippen molar-refractivity contribution in [2.45, 2.75) is 19.9 Å². The van der Waals surface area contributed by atoms with E-state index in [0.29, 0.717) is 15.2 Å². The number of hydrogen-bond donors (Lipinski definition) is 0. The number of esters is 1. The predicted molar refractivity (Wildman–Crippen MR) is 109 cm³/mol. The molecule has 150 valence electrons. The fourth-order valence-electron chi connectivity index (χ4n) is 2.67. The molecule has 0 radical (unpaired) electrons. The molecular formula is C19H16ClN3O5S. The Balaban J connectivity index is 2.02. The van der Waals surface area contributed by atoms with Gasteiger partial charge >= 0.3 is 5.97 Å². The Morgan fingerprint density at radius 1 is 1.24 bits per heavy atom. The van der Waals surface area contributed by atoms with Crippen molar-refractivity contribution in [1.29, 1.82) is 0 Å². The minimum atomic E-state index is -0.503. The van der Waals surface area contributed by atoms with E-state index >= 15 is 0 Å². The number of carbonyl (C=O) groups excluding carboxylic acids is 2. The second-order valence-electron chi connectivity index (χ2n) is 5.99. The van der Waals surface area contributed by atoms with E-state index in [9.17, 15) is 19.7 Å². The first kappa shape index (κ1) is 20.7. The van der Waals surface area contributed by atoms with Gasteiger partial charge in [0.05, 0.1) is 28.2 Å². The van der Waals surface area contributed by atoms with Gasteiger partial charge in [-0.25, -0.2) is 0 Å². The van der Waals surface area contributed by atoms with Gasteiger partial charge in [-0.15, -0.1) is 0 Å². The van der Waals surface area contributed by atoms with E-state index in [0.717, 1.165) is 16.9 Å². The molecule has 0 saturated carbocycles. The molecule has 0 spiro atoms. The van der Waals surface area contributed by atoms with Gasteiger partial charge in [0.1, 0.15) is 6.54 Å². The van der Waals surface area contributed by atoms with Gasteiger partial charge < -0.3 is 9.30 Å². The van der Waals surface area contributed by atoms with Crippen molar-refractivity contribution in [2.24, 2.45) is 4.99 Å². The minimum Gasteiger partial charge on any atom is -0.465 e. The van der Waals surface area contributed by atoms with Gasteiger partial charge in [0.25, 0.3) is 11.6 Å². The normalized spacial score (nSPS) is 11.6. The zero-order valence-electron chi connectivity index (χ0n) is 15.3. The van der Waals surface area contributed by atoms with E-state index < -0.39 is 16.8 Å². The number of rotatable bonds is 6. The van der Waals surface area contributed by atoms with Crippen molar-refractivity contribution < 1.29 is 19.2 Å². The number of nitrogens with zero attached hydrogens (tertiary/aromatic N) is 3. The van der Waals surface area contributed by atoms with Gasteiger partial charge in [0.15, 0.2) is 4.80 Å². The summed E-state index contributed by atoms with van der Waals surface area (Å²) in [5, 5.41) is 11.6. The van der Waals surface area contributed by atoms with Gasteiger partial charge in [0, 0.05) is 17.2 Å². The van der Waals surface area contributed by atoms with Crippen molar-refractivity contribution in [3.8, 4) is 0 Å². The zero-order valence-corrected chi connectivity index (χ0v) is 16.9. The third-order valence-electron chi connectivity index (χ3n) is 3.96. The van der Waals surface area contributed by atoms with Crippen LogP contribution in [0.4, 0.5) is 5.69 Å². The lowest BCUT2D eigenvalue weighted by atomic mass is 10.1. The largest absolute Gasteiger partial charge is 0.465 e. The summed E-state index contributed by atoms with van der Waals surface area (Å²) in [5.41, 5.74) is 1.23. The molecule has 8 nitrogen and oxygen atoms in total. The second kappa shape index (κ2) is 8.97. The first-order chi connectivity index (χ1) is 13.9. The molecule has 1 aromatic heterocycles. The average molecular weight is 434 g/mol. The summed E-state index contributed by atoms with van der Waals surface area (Å²) in [4.78, 5) is 39.4. The standard InChI is InChI=1S/C19H16ClN3O5S/c1-2-28-18(25)11-22-15-8-7-14(23(26)27)10-16(15)29-19(22)21-17(24)9-12-3-5-13(20)6-4-12/h3-8,10H,2,9,11H2,1H3. The number of amides is 1. The predicted octanol–water partition coefficient (Wildman–Crippen LogP) is 3.50. The quantitative estimate of drug-likeness (QED) is 0.336. The van der Waals surface area contributed by atoms with Crippen LogP contribution in [0, 0.1) is 10.1 Å². The Morgan fingerprint density at radius 3 is 2.62 bits per heavy atom. The fourth-order valence-corrected chi connectivity index (χ4v) is 3.88. The highest BCUT2D eigenvalue weighted by molar-refractivity contribution is 7.16. The molecule has 10 heteroatoms. The van der Waals surface area contributed by atoms with Crippen LogP contribution >= 0.6 is 22.9 Å². The Labute approximate surface area is 174 Å². The Bertz CT molecular complexity index is 1150. The van der Waals surface area contributed by atoms with Crippen molar-refractivity contribution in [1.82, 2.24) is 4.57 Å². The summed E-state index contributed by atoms with van der Waals surface area (Å²) in [6.07, 6.45) is 0.0605. The van der Waals surface area contributed by atoms with Gasteiger partial charge in [0.2, 0.25) is 0 Å². The van der Waals surface area contributed by atoms with Crippen LogP contribution in [0.2, 0.25) is 5.02 Å². The maximum atomic E-state index is 12.5. The number of nitro benzene ring substituents is 1. The maximum absolute atomic E-state index is 12.5. The van der Waals surface area contributed by atoms with E-state index in [2.05, 4.69) is 4.99 Å². The van der Waals surface area contributed by atoms with Crippen LogP contribution in [0.5, 0.6) is 0 Å². The molecule has 1 heterocycles. The first-order valence-electron chi connectivity index (χ1n) is 8.62. The number of halogens is 1. The van der Waals surface area contributed by atoms with Crippen LogP contribution in [0.1, 0.15) is 12.5 Å². The fraction of sp³-hybridized carbons (Fsp3) is 0.211. The van der Waals surface area contributed by atoms with Gasteiger partial charge in [-0.1, -0.05) is 35.1 Å². The van der Waals surface area contributed by atoms with Crippen LogP contribution in [0.3, 0.4) is 0 Å². The Hall–Kier alpha value is -3.04. The lowest BCUT2D eigenvalue weighted by molar-refractivity contribution is -0.384. The number of ether oxygens (including phenoxy) is 1. The molecule has 0 aliphatic carbocycles. The molecular weight excluding hydrogens is 418 g/mol. The van der Waals surface area contributed by atoms with E-state index in [4.69, 9.17) is 16.3 Å². The molecule has 29 heavy (non-hydrogen) atoms. The van der Waals surface area contributed by atoms with E-state index in [-0.39, 0.29) is 30.1 Å². The summed E-state index contributed by atoms with van der Waals surface area (Å²) >= 11 is 6.95. The van der Waals surface area contributed by atoms with Crippen LogP contribution in [-0.4, -0.2) is 28.0 Å². The second-order valence-corrected chi connectivity index (χ2v) is 7.44. The smallest absolute Gasteiger partial charge is 0.326 e. The molecule has 0 N–H and O–H groups in total. The molecule has 0 aliphatic rings. The van der Waals surface area contributed by atoms with E-state index in [1.165, 1.54) is 22.8 Å². The van der Waals surface area contributed by atoms with Crippen LogP contribution in [0.25, 0.3) is 10.2 Å². The monoisotopic (exact) mass is 433 g/mol. The summed E-state index contributed by atoms with van der Waals surface area (Å²) in [6, 6.07) is 11.1. The molecule has 0 aliphatic heterocycles. The summed E-state index contributed by atoms with van der Waals surface area (Å²) in [7, 11) is 0. The molecule has 0 atom stereocenters. The number of non-ortho nitro benzene ring substituents is 1. The molecule has 3 aromatic rings. The van der Waals surface area contributed by atoms with E-state index in [1.807, 2.05) is 0 Å². The highest BCUT2D eigenvalue weighted by atomic mass is 35.5. The molecule has 3 rings (SSSR count). The number of benzene rings is 2. The molecule has 0 saturated heterocycles. The number of fused-ring (bicyclic) bond motifs is 1. The lowest BCUT2D eigenvalue weighted by Crippen LogP contribution is -2.23. The number of thiazole rings is 1. The third-order valence-corrected chi connectivity index (χ3v) is 5.25. The Kier molecular flexibility index (Phi) is 6.40. The highest BCUT2D eigenvalue weighted by Crippen LogP contribution is 2.23. The molecule has 0 bridgehead atoms. The number of hydrogen-bond acceptors (Lipinski definition) is 6. The number of aromatic nitrogens is 1. The maximum Gasteiger partial charge on any atom is 0.326 e. The summed E-state index contributed by atoms with van der Waals surface area (Å²) in [5.74, 6) is -0.900. The first-order valence-corrected chi connectivity index (χ1v) is 9.82. The number of carbonyl (C=O) groups is 2. The van der Waals surface area contributed by atoms with Crippen molar-refractivity contribution in [3.63, 3.8) is 0 Å². The zero-order chi connectivity index (χ0) is 21.0. The summed E-state index contributed by atoms with van der Waals surface area (Å²) in [6.45, 7) is 1.76. The van der Waals surface area contributed by atoms with Gasteiger partial charge in [-0.05, 0) is 30.7 Å². The van der Waals surface area contributed by atoms with Gasteiger partial charge in [-0.2, -0.15) is 4.99 Å². The minimum absolute atomic E-state index is 0.0605. The third kappa shape index (κ3) is 5.07. The van der Waals surface area contributed by atoms with Gasteiger partial charge in [-0.3, -0.25) is 19.7 Å². The van der Waals surface area contributed by atoms with Crippen molar-refractivity contribution in [3.05, 3.63) is 68.0 Å². The Morgan fingerprint density at radius 2 is 1.97 bits per heavy atom. The summed E-state index contributed by atoms with van der Waals surface area (Å²) < 4.78 is 7.06. The van der Waals surface area contributed by atoms with Crippen molar-refractivity contribution in [2.75, 3.05) is 6.61 Å². The van der Waals surface area contributed by atoms with E-state index in [1.54, 1.807) is 31.2 Å². The van der Waals surface area contributed by atoms with Crippen LogP contribution < -0.4 is 4.80 Å². The molecule has 2 aromatic carbocycles. The molecule has 0 unspecified atom stereocenters. The van der Waals surface area contributed by atoms with Crippen molar-refractivity contribution >= 4 is 50.7 Å². The van der Waals surface area contributed by atoms with Crippen LogP contribution in [0.15, 0.2) is 47.5 Å². The highest BCUT2D eigenvalue weighted by Gasteiger charge is 2.15.